The molecule has 2 aromatic rings. The average molecular weight is 356 g/mol. The van der Waals surface area contributed by atoms with Gasteiger partial charge in [0.1, 0.15) is 0 Å². The van der Waals surface area contributed by atoms with Crippen LogP contribution >= 0.6 is 0 Å². The lowest BCUT2D eigenvalue weighted by Crippen LogP contribution is -2.42. The van der Waals surface area contributed by atoms with Gasteiger partial charge in [0.05, 0.1) is 6.33 Å². The van der Waals surface area contributed by atoms with Crippen LogP contribution in [0.5, 0.6) is 0 Å². The quantitative estimate of drug-likeness (QED) is 0.586. The van der Waals surface area contributed by atoms with Gasteiger partial charge in [-0.1, -0.05) is 45.0 Å². The van der Waals surface area contributed by atoms with Gasteiger partial charge in [0.15, 0.2) is 5.96 Å². The Balaban J connectivity index is 1.78. The van der Waals surface area contributed by atoms with E-state index in [9.17, 15) is 0 Å². The van der Waals surface area contributed by atoms with Gasteiger partial charge in [0.25, 0.3) is 0 Å². The van der Waals surface area contributed by atoms with Crippen molar-refractivity contribution in [3.63, 3.8) is 0 Å². The summed E-state index contributed by atoms with van der Waals surface area (Å²) >= 11 is 0. The summed E-state index contributed by atoms with van der Waals surface area (Å²) in [4.78, 5) is 8.42. The lowest BCUT2D eigenvalue weighted by Gasteiger charge is -2.23. The molecule has 142 valence electrons. The summed E-state index contributed by atoms with van der Waals surface area (Å²) in [6.45, 7) is 10.7. The monoisotopic (exact) mass is 355 g/mol. The summed E-state index contributed by atoms with van der Waals surface area (Å²) in [5.41, 5.74) is 2.88. The fraction of sp³-hybridized carbons (Fsp3) is 0.524. The smallest absolute Gasteiger partial charge is 0.191 e. The third-order valence-electron chi connectivity index (χ3n) is 4.34. The van der Waals surface area contributed by atoms with Crippen LogP contribution in [0.3, 0.4) is 0 Å². The third kappa shape index (κ3) is 7.30. The molecule has 0 bridgehead atoms. The molecule has 0 saturated carbocycles. The SMILES string of the molecule is CN=C(NCc1ccc(Cn2ccnc2)cc1)NC(C)CCC(C)(C)C. The van der Waals surface area contributed by atoms with E-state index in [1.165, 1.54) is 17.5 Å². The lowest BCUT2D eigenvalue weighted by atomic mass is 9.89. The molecular formula is C21H33N5. The zero-order valence-corrected chi connectivity index (χ0v) is 16.8. The van der Waals surface area contributed by atoms with E-state index in [0.717, 1.165) is 25.5 Å². The normalized spacial score (nSPS) is 13.5. The minimum Gasteiger partial charge on any atom is -0.354 e. The van der Waals surface area contributed by atoms with Gasteiger partial charge in [0.2, 0.25) is 0 Å². The van der Waals surface area contributed by atoms with Crippen molar-refractivity contribution in [3.8, 4) is 0 Å². The van der Waals surface area contributed by atoms with Crippen LogP contribution in [0, 0.1) is 5.41 Å². The Labute approximate surface area is 158 Å². The molecule has 0 amide bonds. The van der Waals surface area contributed by atoms with E-state index in [0.29, 0.717) is 11.5 Å². The molecule has 5 heteroatoms. The van der Waals surface area contributed by atoms with Crippen LogP contribution in [0.2, 0.25) is 0 Å². The van der Waals surface area contributed by atoms with Crippen LogP contribution in [0.25, 0.3) is 0 Å². The fourth-order valence-electron chi connectivity index (χ4n) is 2.69. The number of nitrogens with one attached hydrogen (secondary N) is 2. The number of benzene rings is 1. The van der Waals surface area contributed by atoms with Gasteiger partial charge >= 0.3 is 0 Å². The van der Waals surface area contributed by atoms with Gasteiger partial charge in [-0.15, -0.1) is 0 Å². The van der Waals surface area contributed by atoms with E-state index in [2.05, 4.69) is 77.1 Å². The van der Waals surface area contributed by atoms with Gasteiger partial charge in [-0.05, 0) is 36.3 Å². The first-order chi connectivity index (χ1) is 12.4. The van der Waals surface area contributed by atoms with E-state index in [4.69, 9.17) is 0 Å². The molecule has 2 rings (SSSR count). The molecule has 1 atom stereocenters. The minimum atomic E-state index is 0.366. The summed E-state index contributed by atoms with van der Waals surface area (Å²) in [7, 11) is 1.82. The third-order valence-corrected chi connectivity index (χ3v) is 4.34. The van der Waals surface area contributed by atoms with Crippen molar-refractivity contribution < 1.29 is 0 Å². The van der Waals surface area contributed by atoms with Crippen LogP contribution in [0.4, 0.5) is 0 Å². The minimum absolute atomic E-state index is 0.366. The molecule has 0 aliphatic rings. The second kappa shape index (κ2) is 9.41. The average Bonchev–Trinajstić information content (AvgIpc) is 3.10. The van der Waals surface area contributed by atoms with Crippen molar-refractivity contribution in [1.29, 1.82) is 0 Å². The Bertz CT molecular complexity index is 665. The maximum atomic E-state index is 4.34. The molecule has 1 unspecified atom stereocenters. The Morgan fingerprint density at radius 3 is 2.46 bits per heavy atom. The molecule has 1 aromatic heterocycles. The Morgan fingerprint density at radius 1 is 1.19 bits per heavy atom. The van der Waals surface area contributed by atoms with Crippen LogP contribution in [-0.2, 0) is 13.1 Å². The summed E-state index contributed by atoms with van der Waals surface area (Å²) in [6, 6.07) is 9.06. The van der Waals surface area contributed by atoms with Crippen molar-refractivity contribution in [2.45, 2.75) is 59.7 Å². The summed E-state index contributed by atoms with van der Waals surface area (Å²) < 4.78 is 2.07. The molecule has 5 nitrogen and oxygen atoms in total. The molecule has 0 saturated heterocycles. The number of imidazole rings is 1. The molecule has 26 heavy (non-hydrogen) atoms. The molecule has 0 aliphatic heterocycles. The summed E-state index contributed by atoms with van der Waals surface area (Å²) in [5, 5.41) is 6.88. The van der Waals surface area contributed by atoms with Crippen molar-refractivity contribution >= 4 is 5.96 Å². The first-order valence-electron chi connectivity index (χ1n) is 9.36. The molecule has 0 radical (unpaired) electrons. The number of hydrogen-bond donors (Lipinski definition) is 2. The number of nitrogens with zero attached hydrogens (tertiary/aromatic N) is 3. The van der Waals surface area contributed by atoms with Gasteiger partial charge in [0, 0.05) is 38.6 Å². The van der Waals surface area contributed by atoms with Crippen molar-refractivity contribution in [2.75, 3.05) is 7.05 Å². The van der Waals surface area contributed by atoms with E-state index in [1.807, 2.05) is 19.6 Å². The number of aromatic nitrogens is 2. The van der Waals surface area contributed by atoms with Crippen molar-refractivity contribution in [1.82, 2.24) is 20.2 Å². The fourth-order valence-corrected chi connectivity index (χ4v) is 2.69. The number of guanidine groups is 1. The van der Waals surface area contributed by atoms with Crippen LogP contribution in [-0.4, -0.2) is 28.6 Å². The first kappa shape index (κ1) is 20.0. The zero-order valence-electron chi connectivity index (χ0n) is 16.8. The summed E-state index contributed by atoms with van der Waals surface area (Å²) in [6.07, 6.45) is 7.95. The molecular weight excluding hydrogens is 322 g/mol. The standard InChI is InChI=1S/C21H33N5/c1-17(10-11-21(2,3)4)25-20(22-5)24-14-18-6-8-19(9-7-18)15-26-13-12-23-16-26/h6-9,12-13,16-17H,10-11,14-15H2,1-5H3,(H2,22,24,25). The predicted octanol–water partition coefficient (Wildman–Crippen LogP) is 3.81. The van der Waals surface area contributed by atoms with Crippen LogP contribution < -0.4 is 10.6 Å². The van der Waals surface area contributed by atoms with Crippen LogP contribution in [0.1, 0.15) is 51.7 Å². The van der Waals surface area contributed by atoms with E-state index in [1.54, 1.807) is 6.20 Å². The maximum Gasteiger partial charge on any atom is 0.191 e. The van der Waals surface area contributed by atoms with Crippen LogP contribution in [0.15, 0.2) is 48.0 Å². The van der Waals surface area contributed by atoms with E-state index >= 15 is 0 Å². The maximum absolute atomic E-state index is 4.34. The number of rotatable bonds is 7. The lowest BCUT2D eigenvalue weighted by molar-refractivity contribution is 0.346. The Hall–Kier alpha value is -2.30. The molecule has 1 aromatic carbocycles. The highest BCUT2D eigenvalue weighted by Gasteiger charge is 2.13. The second-order valence-electron chi connectivity index (χ2n) is 8.12. The first-order valence-corrected chi connectivity index (χ1v) is 9.36. The highest BCUT2D eigenvalue weighted by molar-refractivity contribution is 5.79. The molecule has 0 fully saturated rings. The van der Waals surface area contributed by atoms with Gasteiger partial charge in [-0.25, -0.2) is 4.98 Å². The van der Waals surface area contributed by atoms with Gasteiger partial charge in [-0.2, -0.15) is 0 Å². The van der Waals surface area contributed by atoms with Crippen molar-refractivity contribution in [3.05, 3.63) is 54.1 Å². The second-order valence-corrected chi connectivity index (χ2v) is 8.12. The van der Waals surface area contributed by atoms with Crippen molar-refractivity contribution in [2.24, 2.45) is 10.4 Å². The largest absolute Gasteiger partial charge is 0.354 e. The number of hydrogen-bond acceptors (Lipinski definition) is 2. The number of aliphatic imine (C=N–C) groups is 1. The Morgan fingerprint density at radius 2 is 1.88 bits per heavy atom. The van der Waals surface area contributed by atoms with E-state index in [-0.39, 0.29) is 0 Å². The molecule has 0 aliphatic carbocycles. The zero-order chi connectivity index (χ0) is 19.0. The van der Waals surface area contributed by atoms with Gasteiger partial charge in [-0.3, -0.25) is 4.99 Å². The highest BCUT2D eigenvalue weighted by atomic mass is 15.2. The topological polar surface area (TPSA) is 54.2 Å². The Kier molecular flexibility index (Phi) is 7.25. The predicted molar refractivity (Wildman–Crippen MR) is 109 cm³/mol. The summed E-state index contributed by atoms with van der Waals surface area (Å²) in [5.74, 6) is 0.855. The molecule has 1 heterocycles. The van der Waals surface area contributed by atoms with E-state index < -0.39 is 0 Å². The van der Waals surface area contributed by atoms with Gasteiger partial charge < -0.3 is 15.2 Å². The molecule has 0 spiro atoms. The highest BCUT2D eigenvalue weighted by Crippen LogP contribution is 2.21. The molecule has 2 N–H and O–H groups in total.